The molecular weight excluding hydrogens is 622 g/mol. The Morgan fingerprint density at radius 2 is 1.77 bits per heavy atom. The molecule has 8 nitrogen and oxygen atoms in total. The zero-order chi connectivity index (χ0) is 32.6. The molecule has 0 aliphatic carbocycles. The highest BCUT2D eigenvalue weighted by Gasteiger charge is 2.77. The van der Waals surface area contributed by atoms with Gasteiger partial charge in [0.05, 0.1) is 30.6 Å². The second kappa shape index (κ2) is 13.1. The molecule has 3 saturated heterocycles. The van der Waals surface area contributed by atoms with Crippen LogP contribution >= 0.6 is 15.9 Å². The number of likely N-dealkylation sites (tertiary alicyclic amines) is 1. The maximum atomic E-state index is 15.1. The molecule has 242 valence electrons. The predicted molar refractivity (Wildman–Crippen MR) is 176 cm³/mol. The van der Waals surface area contributed by atoms with E-state index in [1.54, 1.807) is 22.0 Å². The molecule has 3 aliphatic heterocycles. The Balaban J connectivity index is 1.90. The highest BCUT2D eigenvalue weighted by atomic mass is 79.9. The molecule has 44 heavy (non-hydrogen) atoms. The Morgan fingerprint density at radius 1 is 1.14 bits per heavy atom. The van der Waals surface area contributed by atoms with E-state index in [1.165, 1.54) is 0 Å². The number of fused-ring (bicyclic) bond motifs is 1. The topological polar surface area (TPSA) is 90.4 Å². The van der Waals surface area contributed by atoms with Crippen LogP contribution in [0.2, 0.25) is 0 Å². The molecule has 3 amide bonds. The summed E-state index contributed by atoms with van der Waals surface area (Å²) in [5, 5.41) is 10.8. The van der Waals surface area contributed by atoms with Gasteiger partial charge < -0.3 is 24.5 Å². The number of carbonyl (C=O) groups is 3. The Hall–Kier alpha value is -2.49. The van der Waals surface area contributed by atoms with E-state index in [0.29, 0.717) is 31.5 Å². The van der Waals surface area contributed by atoms with Gasteiger partial charge in [-0.2, -0.15) is 0 Å². The number of amides is 3. The molecule has 3 heterocycles. The van der Waals surface area contributed by atoms with Crippen molar-refractivity contribution in [3.8, 4) is 0 Å². The maximum Gasteiger partial charge on any atom is 0.249 e. The third-order valence-corrected chi connectivity index (χ3v) is 10.2. The van der Waals surface area contributed by atoms with Crippen molar-refractivity contribution < 1.29 is 24.2 Å². The molecule has 3 unspecified atom stereocenters. The number of benzene rings is 1. The second-order valence-corrected chi connectivity index (χ2v) is 15.6. The minimum absolute atomic E-state index is 0.0818. The summed E-state index contributed by atoms with van der Waals surface area (Å²) in [6.07, 6.45) is 4.71. The molecule has 1 spiro atoms. The van der Waals surface area contributed by atoms with E-state index in [9.17, 15) is 14.7 Å². The van der Waals surface area contributed by atoms with Crippen molar-refractivity contribution in [3.63, 3.8) is 0 Å². The zero-order valence-corrected chi connectivity index (χ0v) is 28.8. The summed E-state index contributed by atoms with van der Waals surface area (Å²) in [6, 6.07) is 7.45. The molecule has 1 aromatic carbocycles. The minimum atomic E-state index is -1.24. The molecule has 2 bridgehead atoms. The SMILES string of the molecule is C=CCN(CCC)C(=O)[C@H]1[C@@H]2OC3(CC2Br)C(C(=O)N(CC=C)C(C)(C)CC(C)(C)C)N([C@H](CO)c2ccccc2)C(=O)[C@H]13. The number of halogens is 1. The Kier molecular flexibility index (Phi) is 10.2. The number of rotatable bonds is 13. The van der Waals surface area contributed by atoms with Crippen molar-refractivity contribution >= 4 is 33.7 Å². The second-order valence-electron chi connectivity index (χ2n) is 14.4. The summed E-state index contributed by atoms with van der Waals surface area (Å²) >= 11 is 3.79. The number of ether oxygens (including phenoxy) is 1. The number of hydrogen-bond acceptors (Lipinski definition) is 5. The molecule has 1 N–H and O–H groups in total. The smallest absolute Gasteiger partial charge is 0.249 e. The van der Waals surface area contributed by atoms with E-state index >= 15 is 4.79 Å². The lowest BCUT2D eigenvalue weighted by molar-refractivity contribution is -0.156. The van der Waals surface area contributed by atoms with E-state index in [2.05, 4.69) is 49.9 Å². The van der Waals surface area contributed by atoms with Gasteiger partial charge in [-0.15, -0.1) is 13.2 Å². The number of carbonyl (C=O) groups excluding carboxylic acids is 3. The first-order chi connectivity index (χ1) is 20.7. The number of hydrogen-bond donors (Lipinski definition) is 1. The molecule has 1 aromatic rings. The fraction of sp³-hybridized carbons (Fsp3) is 0.629. The van der Waals surface area contributed by atoms with Crippen LogP contribution in [0.1, 0.15) is 72.4 Å². The summed E-state index contributed by atoms with van der Waals surface area (Å²) in [7, 11) is 0. The molecule has 3 fully saturated rings. The van der Waals surface area contributed by atoms with E-state index in [1.807, 2.05) is 56.0 Å². The first kappa shape index (κ1) is 34.4. The largest absolute Gasteiger partial charge is 0.394 e. The number of aliphatic hydroxyl groups is 1. The van der Waals surface area contributed by atoms with Gasteiger partial charge in [0.15, 0.2) is 0 Å². The van der Waals surface area contributed by atoms with Crippen LogP contribution in [0, 0.1) is 17.3 Å². The van der Waals surface area contributed by atoms with E-state index < -0.39 is 41.2 Å². The van der Waals surface area contributed by atoms with Crippen molar-refractivity contribution in [2.75, 3.05) is 26.2 Å². The van der Waals surface area contributed by atoms with Gasteiger partial charge in [-0.1, -0.05) is 86.1 Å². The monoisotopic (exact) mass is 671 g/mol. The highest BCUT2D eigenvalue weighted by molar-refractivity contribution is 9.09. The van der Waals surface area contributed by atoms with Gasteiger partial charge in [0, 0.05) is 30.0 Å². The lowest BCUT2D eigenvalue weighted by Crippen LogP contribution is -2.61. The maximum absolute atomic E-state index is 15.1. The van der Waals surface area contributed by atoms with E-state index in [-0.39, 0.29) is 41.1 Å². The molecule has 9 heteroatoms. The first-order valence-electron chi connectivity index (χ1n) is 15.8. The normalized spacial score (nSPS) is 28.5. The molecule has 4 rings (SSSR count). The van der Waals surface area contributed by atoms with Gasteiger partial charge in [0.25, 0.3) is 0 Å². The Labute approximate surface area is 271 Å². The van der Waals surface area contributed by atoms with Crippen molar-refractivity contribution in [1.82, 2.24) is 14.7 Å². The van der Waals surface area contributed by atoms with Crippen LogP contribution in [0.25, 0.3) is 0 Å². The quantitative estimate of drug-likeness (QED) is 0.232. The van der Waals surface area contributed by atoms with Crippen LogP contribution in [0.3, 0.4) is 0 Å². The predicted octanol–water partition coefficient (Wildman–Crippen LogP) is 5.12. The van der Waals surface area contributed by atoms with Crippen LogP contribution < -0.4 is 0 Å². The molecule has 0 aromatic heterocycles. The third-order valence-electron chi connectivity index (χ3n) is 9.37. The minimum Gasteiger partial charge on any atom is -0.394 e. The average Bonchev–Trinajstić information content (AvgIpc) is 3.54. The zero-order valence-electron chi connectivity index (χ0n) is 27.2. The summed E-state index contributed by atoms with van der Waals surface area (Å²) in [4.78, 5) is 49.0. The molecule has 0 saturated carbocycles. The number of nitrogens with zero attached hydrogens (tertiary/aromatic N) is 3. The van der Waals surface area contributed by atoms with Crippen molar-refractivity contribution in [3.05, 3.63) is 61.2 Å². The molecular formula is C35H50BrN3O5. The standard InChI is InChI=1S/C35H50BrN3O5/c1-9-17-37(18-10-2)30(41)26-27-31(42)39(25(21-40)23-15-13-12-14-16-23)29(35(27)20-24(36)28(26)44-35)32(43)38(19-11-3)34(7,8)22-33(4,5)6/h9,11-16,24-29,40H,1,3,10,17-22H2,2,4-8H3/t24?,25-,26-,27+,28-,29?,35?/m1/s1. The van der Waals surface area contributed by atoms with Crippen molar-refractivity contribution in [2.24, 2.45) is 17.3 Å². The lowest BCUT2D eigenvalue weighted by atomic mass is 9.70. The van der Waals surface area contributed by atoms with Gasteiger partial charge in [0.1, 0.15) is 11.6 Å². The fourth-order valence-corrected chi connectivity index (χ4v) is 9.17. The van der Waals surface area contributed by atoms with Gasteiger partial charge in [-0.3, -0.25) is 14.4 Å². The Bertz CT molecular complexity index is 1250. The van der Waals surface area contributed by atoms with Crippen LogP contribution in [-0.2, 0) is 19.1 Å². The molecule has 0 radical (unpaired) electrons. The van der Waals surface area contributed by atoms with Crippen molar-refractivity contribution in [2.45, 2.75) is 95.0 Å². The highest BCUT2D eigenvalue weighted by Crippen LogP contribution is 2.61. The van der Waals surface area contributed by atoms with E-state index in [4.69, 9.17) is 4.74 Å². The fourth-order valence-electron chi connectivity index (χ4n) is 8.23. The first-order valence-corrected chi connectivity index (χ1v) is 16.7. The van der Waals surface area contributed by atoms with Crippen LogP contribution in [0.5, 0.6) is 0 Å². The van der Waals surface area contributed by atoms with Gasteiger partial charge in [-0.05, 0) is 44.1 Å². The summed E-state index contributed by atoms with van der Waals surface area (Å²) in [5.41, 5.74) is -1.19. The van der Waals surface area contributed by atoms with Crippen molar-refractivity contribution in [1.29, 1.82) is 0 Å². The summed E-state index contributed by atoms with van der Waals surface area (Å²) in [6.45, 7) is 21.1. The van der Waals surface area contributed by atoms with E-state index in [0.717, 1.165) is 6.42 Å². The number of aliphatic hydroxyl groups excluding tert-OH is 1. The lowest BCUT2D eigenvalue weighted by Gasteiger charge is -2.46. The molecule has 7 atom stereocenters. The van der Waals surface area contributed by atoms with Gasteiger partial charge in [-0.25, -0.2) is 0 Å². The summed E-state index contributed by atoms with van der Waals surface area (Å²) < 4.78 is 6.81. The third kappa shape index (κ3) is 6.04. The van der Waals surface area contributed by atoms with Crippen LogP contribution in [0.4, 0.5) is 0 Å². The average molecular weight is 673 g/mol. The van der Waals surface area contributed by atoms with Crippen LogP contribution in [0.15, 0.2) is 55.6 Å². The Morgan fingerprint density at radius 3 is 2.32 bits per heavy atom. The van der Waals surface area contributed by atoms with Gasteiger partial charge in [0.2, 0.25) is 17.7 Å². The number of alkyl halides is 1. The summed E-state index contributed by atoms with van der Waals surface area (Å²) in [5.74, 6) is -2.37. The van der Waals surface area contributed by atoms with Gasteiger partial charge >= 0.3 is 0 Å². The van der Waals surface area contributed by atoms with Crippen LogP contribution in [-0.4, -0.2) is 91.9 Å². The molecule has 3 aliphatic rings.